The summed E-state index contributed by atoms with van der Waals surface area (Å²) in [7, 11) is 0. The average Bonchev–Trinajstić information content (AvgIpc) is 2.33. The lowest BCUT2D eigenvalue weighted by Gasteiger charge is -2.21. The van der Waals surface area contributed by atoms with E-state index in [0.717, 1.165) is 25.7 Å². The number of aromatic nitrogens is 1. The molecular formula is C12H17N3O. The van der Waals surface area contributed by atoms with Crippen LogP contribution >= 0.6 is 0 Å². The molecule has 1 aromatic rings. The van der Waals surface area contributed by atoms with Crippen molar-refractivity contribution in [2.75, 3.05) is 11.1 Å². The highest BCUT2D eigenvalue weighted by atomic mass is 16.1. The molecule has 4 heteroatoms. The number of rotatable bonds is 2. The number of nitrogens with zero attached hydrogens (tertiary/aromatic N) is 1. The standard InChI is InChI=1S/C12H17N3O/c13-10-8-14-7-6-11(10)15-12(16)9-4-2-1-3-5-9/h6-9H,1-5,13H2,(H,14,15,16). The fourth-order valence-electron chi connectivity index (χ4n) is 2.12. The predicted molar refractivity (Wildman–Crippen MR) is 63.9 cm³/mol. The summed E-state index contributed by atoms with van der Waals surface area (Å²) in [5.41, 5.74) is 6.91. The maximum atomic E-state index is 11.9. The van der Waals surface area contributed by atoms with Gasteiger partial charge in [-0.3, -0.25) is 9.78 Å². The highest BCUT2D eigenvalue weighted by Crippen LogP contribution is 2.25. The molecule has 3 N–H and O–H groups in total. The van der Waals surface area contributed by atoms with E-state index in [-0.39, 0.29) is 11.8 Å². The SMILES string of the molecule is Nc1cnccc1NC(=O)C1CCCCC1. The molecule has 1 aliphatic rings. The van der Waals surface area contributed by atoms with Crippen LogP contribution in [0.1, 0.15) is 32.1 Å². The zero-order valence-electron chi connectivity index (χ0n) is 9.28. The Morgan fingerprint density at radius 2 is 2.12 bits per heavy atom. The molecule has 0 saturated heterocycles. The van der Waals surface area contributed by atoms with Crippen molar-refractivity contribution in [1.82, 2.24) is 4.98 Å². The van der Waals surface area contributed by atoms with Crippen LogP contribution in [0.4, 0.5) is 11.4 Å². The number of hydrogen-bond donors (Lipinski definition) is 2. The molecule has 1 aromatic heterocycles. The molecule has 1 heterocycles. The number of carbonyl (C=O) groups excluding carboxylic acids is 1. The second-order valence-electron chi connectivity index (χ2n) is 4.29. The van der Waals surface area contributed by atoms with Gasteiger partial charge in [-0.25, -0.2) is 0 Å². The predicted octanol–water partition coefficient (Wildman–Crippen LogP) is 2.18. The van der Waals surface area contributed by atoms with E-state index in [1.54, 1.807) is 18.5 Å². The fourth-order valence-corrected chi connectivity index (χ4v) is 2.12. The minimum absolute atomic E-state index is 0.0950. The number of nitrogens with one attached hydrogen (secondary N) is 1. The van der Waals surface area contributed by atoms with Crippen LogP contribution < -0.4 is 11.1 Å². The first-order valence-electron chi connectivity index (χ1n) is 5.78. The van der Waals surface area contributed by atoms with Gasteiger partial charge in [-0.2, -0.15) is 0 Å². The summed E-state index contributed by atoms with van der Waals surface area (Å²) < 4.78 is 0. The summed E-state index contributed by atoms with van der Waals surface area (Å²) in [6.45, 7) is 0. The average molecular weight is 219 g/mol. The molecule has 0 bridgehead atoms. The zero-order chi connectivity index (χ0) is 11.4. The number of nitrogens with two attached hydrogens (primary N) is 1. The molecule has 1 saturated carbocycles. The van der Waals surface area contributed by atoms with Crippen LogP contribution in [0.3, 0.4) is 0 Å². The van der Waals surface area contributed by atoms with Crippen molar-refractivity contribution in [3.05, 3.63) is 18.5 Å². The first kappa shape index (κ1) is 10.9. The minimum atomic E-state index is 0.0950. The van der Waals surface area contributed by atoms with Crippen LogP contribution in [-0.4, -0.2) is 10.9 Å². The van der Waals surface area contributed by atoms with Crippen molar-refractivity contribution in [3.63, 3.8) is 0 Å². The second-order valence-corrected chi connectivity index (χ2v) is 4.29. The number of nitrogen functional groups attached to an aromatic ring is 1. The van der Waals surface area contributed by atoms with Gasteiger partial charge in [0.2, 0.25) is 5.91 Å². The fraction of sp³-hybridized carbons (Fsp3) is 0.500. The van der Waals surface area contributed by atoms with E-state index in [1.807, 2.05) is 0 Å². The minimum Gasteiger partial charge on any atom is -0.396 e. The Morgan fingerprint density at radius 3 is 2.81 bits per heavy atom. The van der Waals surface area contributed by atoms with Gasteiger partial charge in [-0.1, -0.05) is 19.3 Å². The van der Waals surface area contributed by atoms with Crippen molar-refractivity contribution < 1.29 is 4.79 Å². The van der Waals surface area contributed by atoms with E-state index in [4.69, 9.17) is 5.73 Å². The number of amides is 1. The summed E-state index contributed by atoms with van der Waals surface area (Å²) in [6, 6.07) is 1.73. The monoisotopic (exact) mass is 219 g/mol. The lowest BCUT2D eigenvalue weighted by atomic mass is 9.88. The maximum absolute atomic E-state index is 11.9. The molecule has 1 aliphatic carbocycles. The number of carbonyl (C=O) groups is 1. The quantitative estimate of drug-likeness (QED) is 0.801. The van der Waals surface area contributed by atoms with E-state index in [0.29, 0.717) is 11.4 Å². The number of pyridine rings is 1. The van der Waals surface area contributed by atoms with Crippen molar-refractivity contribution in [2.24, 2.45) is 5.92 Å². The molecule has 2 rings (SSSR count). The largest absolute Gasteiger partial charge is 0.396 e. The molecule has 0 unspecified atom stereocenters. The maximum Gasteiger partial charge on any atom is 0.227 e. The van der Waals surface area contributed by atoms with Gasteiger partial charge >= 0.3 is 0 Å². The third-order valence-corrected chi connectivity index (χ3v) is 3.09. The third kappa shape index (κ3) is 2.51. The molecule has 0 aliphatic heterocycles. The van der Waals surface area contributed by atoms with Gasteiger partial charge in [-0.15, -0.1) is 0 Å². The summed E-state index contributed by atoms with van der Waals surface area (Å²) in [5.74, 6) is 0.249. The Hall–Kier alpha value is -1.58. The molecule has 4 nitrogen and oxygen atoms in total. The van der Waals surface area contributed by atoms with E-state index < -0.39 is 0 Å². The van der Waals surface area contributed by atoms with Crippen molar-refractivity contribution in [1.29, 1.82) is 0 Å². The highest BCUT2D eigenvalue weighted by Gasteiger charge is 2.21. The van der Waals surface area contributed by atoms with Crippen molar-refractivity contribution in [2.45, 2.75) is 32.1 Å². The molecule has 0 atom stereocenters. The van der Waals surface area contributed by atoms with Crippen LogP contribution in [0.2, 0.25) is 0 Å². The van der Waals surface area contributed by atoms with Crippen LogP contribution in [0.25, 0.3) is 0 Å². The highest BCUT2D eigenvalue weighted by molar-refractivity contribution is 5.95. The first-order valence-corrected chi connectivity index (χ1v) is 5.78. The van der Waals surface area contributed by atoms with Gasteiger partial charge in [0.25, 0.3) is 0 Å². The van der Waals surface area contributed by atoms with E-state index >= 15 is 0 Å². The number of hydrogen-bond acceptors (Lipinski definition) is 3. The lowest BCUT2D eigenvalue weighted by molar-refractivity contribution is -0.120. The molecule has 86 valence electrons. The molecule has 1 amide bonds. The van der Waals surface area contributed by atoms with Gasteiger partial charge in [0.05, 0.1) is 17.6 Å². The molecule has 0 radical (unpaired) electrons. The van der Waals surface area contributed by atoms with Crippen LogP contribution in [0.15, 0.2) is 18.5 Å². The lowest BCUT2D eigenvalue weighted by Crippen LogP contribution is -2.25. The Bertz CT molecular complexity index is 372. The van der Waals surface area contributed by atoms with Gasteiger partial charge in [-0.05, 0) is 18.9 Å². The van der Waals surface area contributed by atoms with Gasteiger partial charge in [0.15, 0.2) is 0 Å². The zero-order valence-corrected chi connectivity index (χ0v) is 9.28. The van der Waals surface area contributed by atoms with E-state index in [9.17, 15) is 4.79 Å². The van der Waals surface area contributed by atoms with Gasteiger partial charge in [0, 0.05) is 12.1 Å². The summed E-state index contributed by atoms with van der Waals surface area (Å²) in [5, 5.41) is 2.88. The Morgan fingerprint density at radius 1 is 1.38 bits per heavy atom. The van der Waals surface area contributed by atoms with Crippen molar-refractivity contribution in [3.8, 4) is 0 Å². The van der Waals surface area contributed by atoms with Gasteiger partial charge in [0.1, 0.15) is 0 Å². The Balaban J connectivity index is 1.99. The first-order chi connectivity index (χ1) is 7.77. The topological polar surface area (TPSA) is 68.0 Å². The Kier molecular flexibility index (Phi) is 3.39. The second kappa shape index (κ2) is 4.96. The van der Waals surface area contributed by atoms with Gasteiger partial charge < -0.3 is 11.1 Å². The van der Waals surface area contributed by atoms with Crippen LogP contribution in [0, 0.1) is 5.92 Å². The smallest absolute Gasteiger partial charge is 0.227 e. The van der Waals surface area contributed by atoms with Crippen LogP contribution in [-0.2, 0) is 4.79 Å². The van der Waals surface area contributed by atoms with Crippen LogP contribution in [0.5, 0.6) is 0 Å². The summed E-state index contributed by atoms with van der Waals surface area (Å²) in [6.07, 6.45) is 8.74. The summed E-state index contributed by atoms with van der Waals surface area (Å²) in [4.78, 5) is 15.8. The van der Waals surface area contributed by atoms with E-state index in [2.05, 4.69) is 10.3 Å². The molecule has 0 aromatic carbocycles. The number of anilines is 2. The third-order valence-electron chi connectivity index (χ3n) is 3.09. The normalized spacial score (nSPS) is 17.0. The molecule has 1 fully saturated rings. The Labute approximate surface area is 95.3 Å². The van der Waals surface area contributed by atoms with Crippen molar-refractivity contribution >= 4 is 17.3 Å². The molecule has 0 spiro atoms. The summed E-state index contributed by atoms with van der Waals surface area (Å²) >= 11 is 0. The van der Waals surface area contributed by atoms with E-state index in [1.165, 1.54) is 6.42 Å². The molecule has 16 heavy (non-hydrogen) atoms. The molecular weight excluding hydrogens is 202 g/mol.